The van der Waals surface area contributed by atoms with Crippen LogP contribution in [-0.2, 0) is 11.3 Å². The van der Waals surface area contributed by atoms with E-state index < -0.39 is 6.04 Å². The average Bonchev–Trinajstić information content (AvgIpc) is 3.31. The first-order valence-electron chi connectivity index (χ1n) is 9.77. The van der Waals surface area contributed by atoms with Gasteiger partial charge >= 0.3 is 0 Å². The SMILES string of the molecule is CCC(C)C(NC(=O)c1ccc(Cl)cc1)C(=O)NCc1ccnc(-n2cccn2)c1. The van der Waals surface area contributed by atoms with Gasteiger partial charge in [0.15, 0.2) is 5.82 Å². The maximum absolute atomic E-state index is 12.9. The molecular weight excluding hydrogens is 402 g/mol. The molecular formula is C22H24ClN5O2. The zero-order chi connectivity index (χ0) is 21.5. The van der Waals surface area contributed by atoms with E-state index in [9.17, 15) is 9.59 Å². The summed E-state index contributed by atoms with van der Waals surface area (Å²) in [4.78, 5) is 29.7. The van der Waals surface area contributed by atoms with E-state index in [2.05, 4.69) is 20.7 Å². The Morgan fingerprint density at radius 1 is 1.17 bits per heavy atom. The van der Waals surface area contributed by atoms with Crippen LogP contribution in [0.1, 0.15) is 36.2 Å². The molecule has 2 heterocycles. The van der Waals surface area contributed by atoms with Gasteiger partial charge in [-0.25, -0.2) is 9.67 Å². The lowest BCUT2D eigenvalue weighted by atomic mass is 9.97. The Morgan fingerprint density at radius 3 is 2.60 bits per heavy atom. The van der Waals surface area contributed by atoms with Crippen LogP contribution in [0.3, 0.4) is 0 Å². The number of hydrogen-bond acceptors (Lipinski definition) is 4. The summed E-state index contributed by atoms with van der Waals surface area (Å²) in [6, 6.07) is 11.4. The second-order valence-electron chi connectivity index (χ2n) is 7.03. The highest BCUT2D eigenvalue weighted by Gasteiger charge is 2.26. The second kappa shape index (κ2) is 10.0. The number of aromatic nitrogens is 3. The van der Waals surface area contributed by atoms with Crippen LogP contribution in [0.25, 0.3) is 5.82 Å². The predicted molar refractivity (Wildman–Crippen MR) is 115 cm³/mol. The van der Waals surface area contributed by atoms with Gasteiger partial charge in [0.25, 0.3) is 5.91 Å². The third-order valence-electron chi connectivity index (χ3n) is 4.90. The minimum atomic E-state index is -0.648. The zero-order valence-corrected chi connectivity index (χ0v) is 17.6. The highest BCUT2D eigenvalue weighted by atomic mass is 35.5. The molecule has 0 spiro atoms. The smallest absolute Gasteiger partial charge is 0.251 e. The molecule has 30 heavy (non-hydrogen) atoms. The van der Waals surface area contributed by atoms with Crippen LogP contribution in [0.15, 0.2) is 61.1 Å². The van der Waals surface area contributed by atoms with Crippen LogP contribution in [-0.4, -0.2) is 32.6 Å². The lowest BCUT2D eigenvalue weighted by Gasteiger charge is -2.23. The van der Waals surface area contributed by atoms with Crippen LogP contribution in [0.5, 0.6) is 0 Å². The highest BCUT2D eigenvalue weighted by Crippen LogP contribution is 2.13. The predicted octanol–water partition coefficient (Wildman–Crippen LogP) is 3.38. The fraction of sp³-hybridized carbons (Fsp3) is 0.273. The molecule has 0 fully saturated rings. The Kier molecular flexibility index (Phi) is 7.19. The monoisotopic (exact) mass is 425 g/mol. The summed E-state index contributed by atoms with van der Waals surface area (Å²) in [5.41, 5.74) is 1.34. The van der Waals surface area contributed by atoms with E-state index in [1.807, 2.05) is 32.0 Å². The Morgan fingerprint density at radius 2 is 1.93 bits per heavy atom. The number of halogens is 1. The summed E-state index contributed by atoms with van der Waals surface area (Å²) >= 11 is 5.88. The van der Waals surface area contributed by atoms with Crippen molar-refractivity contribution in [3.05, 3.63) is 77.2 Å². The molecule has 0 saturated heterocycles. The largest absolute Gasteiger partial charge is 0.350 e. The molecule has 8 heteroatoms. The fourth-order valence-corrected chi connectivity index (χ4v) is 3.05. The maximum Gasteiger partial charge on any atom is 0.251 e. The van der Waals surface area contributed by atoms with Gasteiger partial charge in [-0.2, -0.15) is 5.10 Å². The standard InChI is InChI=1S/C22H24ClN5O2/c1-3-15(2)20(27-21(29)17-5-7-18(23)8-6-17)22(30)25-14-16-9-11-24-19(13-16)28-12-4-10-26-28/h4-13,15,20H,3,14H2,1-2H3,(H,25,30)(H,27,29). The summed E-state index contributed by atoms with van der Waals surface area (Å²) in [7, 11) is 0. The van der Waals surface area contributed by atoms with Crippen molar-refractivity contribution >= 4 is 23.4 Å². The van der Waals surface area contributed by atoms with Crippen LogP contribution >= 0.6 is 11.6 Å². The molecule has 2 amide bonds. The van der Waals surface area contributed by atoms with Crippen molar-refractivity contribution < 1.29 is 9.59 Å². The topological polar surface area (TPSA) is 88.9 Å². The van der Waals surface area contributed by atoms with Crippen molar-refractivity contribution in [2.45, 2.75) is 32.9 Å². The molecule has 2 atom stereocenters. The van der Waals surface area contributed by atoms with Crippen LogP contribution < -0.4 is 10.6 Å². The minimum absolute atomic E-state index is 0.0293. The first-order valence-corrected chi connectivity index (χ1v) is 10.1. The molecule has 0 saturated carbocycles. The molecule has 2 aromatic heterocycles. The molecule has 0 aliphatic rings. The number of hydrogen-bond donors (Lipinski definition) is 2. The van der Waals surface area contributed by atoms with E-state index in [1.54, 1.807) is 47.5 Å². The van der Waals surface area contributed by atoms with Gasteiger partial charge in [0.2, 0.25) is 5.91 Å². The lowest BCUT2D eigenvalue weighted by Crippen LogP contribution is -2.50. The van der Waals surface area contributed by atoms with Crippen LogP contribution in [0, 0.1) is 5.92 Å². The Labute approximate surface area is 180 Å². The van der Waals surface area contributed by atoms with Crippen molar-refractivity contribution in [3.8, 4) is 5.82 Å². The average molecular weight is 426 g/mol. The maximum atomic E-state index is 12.9. The van der Waals surface area contributed by atoms with E-state index in [0.717, 1.165) is 12.0 Å². The van der Waals surface area contributed by atoms with E-state index in [0.29, 0.717) is 22.9 Å². The normalized spacial score (nSPS) is 12.8. The molecule has 2 N–H and O–H groups in total. The molecule has 3 rings (SSSR count). The van der Waals surface area contributed by atoms with Crippen molar-refractivity contribution in [2.24, 2.45) is 5.92 Å². The van der Waals surface area contributed by atoms with Gasteiger partial charge in [0, 0.05) is 35.7 Å². The molecule has 0 bridgehead atoms. The Hall–Kier alpha value is -3.19. The van der Waals surface area contributed by atoms with Crippen molar-refractivity contribution in [1.82, 2.24) is 25.4 Å². The first-order chi connectivity index (χ1) is 14.5. The van der Waals surface area contributed by atoms with E-state index in [1.165, 1.54) is 0 Å². The molecule has 1 aromatic carbocycles. The van der Waals surface area contributed by atoms with Crippen LogP contribution in [0.4, 0.5) is 0 Å². The molecule has 0 aliphatic carbocycles. The van der Waals surface area contributed by atoms with Crippen molar-refractivity contribution in [2.75, 3.05) is 0 Å². The zero-order valence-electron chi connectivity index (χ0n) is 16.9. The number of rotatable bonds is 8. The van der Waals surface area contributed by atoms with Gasteiger partial charge in [0.1, 0.15) is 6.04 Å². The quantitative estimate of drug-likeness (QED) is 0.579. The highest BCUT2D eigenvalue weighted by molar-refractivity contribution is 6.30. The number of amides is 2. The number of nitrogens with zero attached hydrogens (tertiary/aromatic N) is 3. The summed E-state index contributed by atoms with van der Waals surface area (Å²) < 4.78 is 1.65. The molecule has 3 aromatic rings. The number of carbonyl (C=O) groups is 2. The summed E-state index contributed by atoms with van der Waals surface area (Å²) in [6.45, 7) is 4.24. The van der Waals surface area contributed by atoms with E-state index in [-0.39, 0.29) is 17.7 Å². The Balaban J connectivity index is 1.66. The number of pyridine rings is 1. The number of nitrogens with one attached hydrogen (secondary N) is 2. The Bertz CT molecular complexity index is 989. The molecule has 2 unspecified atom stereocenters. The number of carbonyl (C=O) groups excluding carboxylic acids is 2. The lowest BCUT2D eigenvalue weighted by molar-refractivity contribution is -0.124. The van der Waals surface area contributed by atoms with Crippen LogP contribution in [0.2, 0.25) is 5.02 Å². The third kappa shape index (κ3) is 5.45. The molecule has 0 radical (unpaired) electrons. The van der Waals surface area contributed by atoms with Gasteiger partial charge in [0.05, 0.1) is 0 Å². The summed E-state index contributed by atoms with van der Waals surface area (Å²) in [5, 5.41) is 10.5. The van der Waals surface area contributed by atoms with E-state index >= 15 is 0 Å². The number of benzene rings is 1. The van der Waals surface area contributed by atoms with Crippen molar-refractivity contribution in [1.29, 1.82) is 0 Å². The second-order valence-corrected chi connectivity index (χ2v) is 7.47. The van der Waals surface area contributed by atoms with Crippen molar-refractivity contribution in [3.63, 3.8) is 0 Å². The van der Waals surface area contributed by atoms with Gasteiger partial charge in [-0.05, 0) is 53.9 Å². The molecule has 156 valence electrons. The summed E-state index contributed by atoms with van der Waals surface area (Å²) in [5.74, 6) is 0.0979. The van der Waals surface area contributed by atoms with Gasteiger partial charge in [-0.15, -0.1) is 0 Å². The van der Waals surface area contributed by atoms with E-state index in [4.69, 9.17) is 11.6 Å². The molecule has 0 aliphatic heterocycles. The van der Waals surface area contributed by atoms with Gasteiger partial charge < -0.3 is 10.6 Å². The minimum Gasteiger partial charge on any atom is -0.350 e. The fourth-order valence-electron chi connectivity index (χ4n) is 2.93. The third-order valence-corrected chi connectivity index (χ3v) is 5.16. The first kappa shape index (κ1) is 21.5. The summed E-state index contributed by atoms with van der Waals surface area (Å²) in [6.07, 6.45) is 5.90. The van der Waals surface area contributed by atoms with Gasteiger partial charge in [-0.1, -0.05) is 31.9 Å². The van der Waals surface area contributed by atoms with Gasteiger partial charge in [-0.3, -0.25) is 9.59 Å². The molecule has 7 nitrogen and oxygen atoms in total.